The molecule has 0 saturated carbocycles. The predicted molar refractivity (Wildman–Crippen MR) is 83.3 cm³/mol. The summed E-state index contributed by atoms with van der Waals surface area (Å²) in [6.07, 6.45) is 7.00. The van der Waals surface area contributed by atoms with Crippen LogP contribution >= 0.6 is 0 Å². The van der Waals surface area contributed by atoms with E-state index in [4.69, 9.17) is 0 Å². The number of hydrogen-bond acceptors (Lipinski definition) is 3. The summed E-state index contributed by atoms with van der Waals surface area (Å²) < 4.78 is 1.85. The van der Waals surface area contributed by atoms with Crippen molar-refractivity contribution in [3.63, 3.8) is 0 Å². The van der Waals surface area contributed by atoms with Crippen LogP contribution in [0.25, 0.3) is 0 Å². The summed E-state index contributed by atoms with van der Waals surface area (Å²) in [6, 6.07) is 0.108. The maximum absolute atomic E-state index is 12.6. The fraction of sp³-hybridized carbons (Fsp3) is 0.562. The van der Waals surface area contributed by atoms with Crippen LogP contribution in [-0.4, -0.2) is 37.1 Å². The van der Waals surface area contributed by atoms with Crippen LogP contribution in [0, 0.1) is 13.8 Å². The smallest absolute Gasteiger partial charge is 0.223 e. The third kappa shape index (κ3) is 2.77. The fourth-order valence-corrected chi connectivity index (χ4v) is 3.13. The van der Waals surface area contributed by atoms with Gasteiger partial charge in [-0.25, -0.2) is 4.98 Å². The highest BCUT2D eigenvalue weighted by atomic mass is 16.2. The number of aromatic amines is 1. The number of aromatic nitrogens is 4. The van der Waals surface area contributed by atoms with Crippen molar-refractivity contribution in [2.45, 2.75) is 45.6 Å². The van der Waals surface area contributed by atoms with E-state index in [2.05, 4.69) is 15.1 Å². The molecule has 0 aliphatic carbocycles. The van der Waals surface area contributed by atoms with Gasteiger partial charge in [-0.2, -0.15) is 5.10 Å². The van der Waals surface area contributed by atoms with Crippen molar-refractivity contribution >= 4 is 5.91 Å². The van der Waals surface area contributed by atoms with Crippen LogP contribution in [0.2, 0.25) is 0 Å². The Morgan fingerprint density at radius 2 is 2.23 bits per heavy atom. The SMILES string of the molecule is Cc1cnc(C2CCCN2C(=O)CCc2cnn(C)c2C)[nH]1. The molecule has 2 aromatic heterocycles. The van der Waals surface area contributed by atoms with Crippen LogP contribution in [0.4, 0.5) is 0 Å². The fourth-order valence-electron chi connectivity index (χ4n) is 3.13. The monoisotopic (exact) mass is 301 g/mol. The number of H-pyrrole nitrogens is 1. The molecule has 0 aromatic carbocycles. The lowest BCUT2D eigenvalue weighted by atomic mass is 10.1. The van der Waals surface area contributed by atoms with E-state index >= 15 is 0 Å². The highest BCUT2D eigenvalue weighted by Crippen LogP contribution is 2.30. The Hall–Kier alpha value is -2.11. The average molecular weight is 301 g/mol. The summed E-state index contributed by atoms with van der Waals surface area (Å²) in [5.74, 6) is 1.13. The van der Waals surface area contributed by atoms with Gasteiger partial charge in [0.1, 0.15) is 5.82 Å². The van der Waals surface area contributed by atoms with E-state index in [0.29, 0.717) is 6.42 Å². The van der Waals surface area contributed by atoms with E-state index in [-0.39, 0.29) is 11.9 Å². The summed E-state index contributed by atoms with van der Waals surface area (Å²) in [7, 11) is 1.93. The van der Waals surface area contributed by atoms with E-state index in [1.807, 2.05) is 42.9 Å². The third-order valence-electron chi connectivity index (χ3n) is 4.56. The largest absolute Gasteiger partial charge is 0.344 e. The normalized spacial score (nSPS) is 18.1. The molecule has 1 aliphatic rings. The Morgan fingerprint density at radius 1 is 1.41 bits per heavy atom. The Balaban J connectivity index is 1.65. The minimum absolute atomic E-state index is 0.108. The van der Waals surface area contributed by atoms with Gasteiger partial charge >= 0.3 is 0 Å². The van der Waals surface area contributed by atoms with Crippen molar-refractivity contribution in [1.82, 2.24) is 24.6 Å². The first-order chi connectivity index (χ1) is 10.6. The Bertz CT molecular complexity index is 672. The molecule has 3 rings (SSSR count). The second kappa shape index (κ2) is 5.94. The second-order valence-electron chi connectivity index (χ2n) is 6.08. The Morgan fingerprint density at radius 3 is 2.86 bits per heavy atom. The first kappa shape index (κ1) is 14.8. The zero-order valence-corrected chi connectivity index (χ0v) is 13.5. The zero-order valence-electron chi connectivity index (χ0n) is 13.5. The Labute approximate surface area is 130 Å². The van der Waals surface area contributed by atoms with Gasteiger partial charge in [0.15, 0.2) is 0 Å². The molecule has 1 amide bonds. The molecule has 0 spiro atoms. The van der Waals surface area contributed by atoms with Gasteiger partial charge < -0.3 is 9.88 Å². The van der Waals surface area contributed by atoms with E-state index in [1.54, 1.807) is 0 Å². The van der Waals surface area contributed by atoms with E-state index in [1.165, 1.54) is 0 Å². The standard InChI is InChI=1S/C16H23N5O/c1-11-9-17-16(19-11)14-5-4-8-21(14)15(22)7-6-13-10-18-20(3)12(13)2/h9-10,14H,4-8H2,1-3H3,(H,17,19). The maximum atomic E-state index is 12.6. The van der Waals surface area contributed by atoms with Crippen molar-refractivity contribution in [3.8, 4) is 0 Å². The van der Waals surface area contributed by atoms with Crippen molar-refractivity contribution in [2.75, 3.05) is 6.54 Å². The number of hydrogen-bond donors (Lipinski definition) is 1. The molecule has 0 radical (unpaired) electrons. The molecule has 6 nitrogen and oxygen atoms in total. The zero-order chi connectivity index (χ0) is 15.7. The Kier molecular flexibility index (Phi) is 4.00. The predicted octanol–water partition coefficient (Wildman–Crippen LogP) is 2.06. The topological polar surface area (TPSA) is 66.8 Å². The highest BCUT2D eigenvalue weighted by Gasteiger charge is 2.31. The number of nitrogens with zero attached hydrogens (tertiary/aromatic N) is 4. The second-order valence-corrected chi connectivity index (χ2v) is 6.08. The number of carbonyl (C=O) groups is 1. The van der Waals surface area contributed by atoms with Crippen molar-refractivity contribution in [2.24, 2.45) is 7.05 Å². The molecule has 118 valence electrons. The summed E-state index contributed by atoms with van der Waals surface area (Å²) in [4.78, 5) is 22.2. The van der Waals surface area contributed by atoms with Crippen LogP contribution in [-0.2, 0) is 18.3 Å². The average Bonchev–Trinajstić information content (AvgIpc) is 3.19. The molecule has 1 N–H and O–H groups in total. The number of aryl methyl sites for hydroxylation is 3. The number of carbonyl (C=O) groups excluding carboxylic acids is 1. The van der Waals surface area contributed by atoms with Crippen LogP contribution in [0.1, 0.15) is 48.1 Å². The van der Waals surface area contributed by atoms with Crippen LogP contribution < -0.4 is 0 Å². The van der Waals surface area contributed by atoms with Crippen LogP contribution in [0.5, 0.6) is 0 Å². The molecule has 1 fully saturated rings. The van der Waals surface area contributed by atoms with Crippen molar-refractivity contribution in [1.29, 1.82) is 0 Å². The van der Waals surface area contributed by atoms with Gasteiger partial charge in [0.2, 0.25) is 5.91 Å². The minimum Gasteiger partial charge on any atom is -0.344 e. The highest BCUT2D eigenvalue weighted by molar-refractivity contribution is 5.77. The van der Waals surface area contributed by atoms with Crippen LogP contribution in [0.15, 0.2) is 12.4 Å². The lowest BCUT2D eigenvalue weighted by Gasteiger charge is -2.23. The molecule has 1 unspecified atom stereocenters. The molecule has 0 bridgehead atoms. The molecule has 2 aromatic rings. The van der Waals surface area contributed by atoms with Gasteiger partial charge in [-0.05, 0) is 38.7 Å². The van der Waals surface area contributed by atoms with Crippen LogP contribution in [0.3, 0.4) is 0 Å². The van der Waals surface area contributed by atoms with Gasteiger partial charge in [0.25, 0.3) is 0 Å². The number of likely N-dealkylation sites (tertiary alicyclic amines) is 1. The number of nitrogens with one attached hydrogen (secondary N) is 1. The first-order valence-electron chi connectivity index (χ1n) is 7.84. The number of amides is 1. The van der Waals surface area contributed by atoms with Gasteiger partial charge in [-0.1, -0.05) is 0 Å². The molecule has 1 saturated heterocycles. The number of rotatable bonds is 4. The van der Waals surface area contributed by atoms with E-state index in [9.17, 15) is 4.79 Å². The summed E-state index contributed by atoms with van der Waals surface area (Å²) >= 11 is 0. The van der Waals surface area contributed by atoms with Gasteiger partial charge in [0, 0.05) is 37.6 Å². The lowest BCUT2D eigenvalue weighted by Crippen LogP contribution is -2.31. The molecular formula is C16H23N5O. The lowest BCUT2D eigenvalue weighted by molar-refractivity contribution is -0.132. The summed E-state index contributed by atoms with van der Waals surface area (Å²) in [5, 5.41) is 4.23. The quantitative estimate of drug-likeness (QED) is 0.940. The van der Waals surface area contributed by atoms with Gasteiger partial charge in [0.05, 0.1) is 12.2 Å². The third-order valence-corrected chi connectivity index (χ3v) is 4.56. The minimum atomic E-state index is 0.108. The maximum Gasteiger partial charge on any atom is 0.223 e. The first-order valence-corrected chi connectivity index (χ1v) is 7.84. The van der Waals surface area contributed by atoms with Crippen molar-refractivity contribution in [3.05, 3.63) is 35.2 Å². The molecule has 22 heavy (non-hydrogen) atoms. The molecule has 1 aliphatic heterocycles. The van der Waals surface area contributed by atoms with E-state index in [0.717, 1.165) is 48.6 Å². The summed E-state index contributed by atoms with van der Waals surface area (Å²) in [6.45, 7) is 4.86. The molecule has 1 atom stereocenters. The molecule has 6 heteroatoms. The van der Waals surface area contributed by atoms with Crippen molar-refractivity contribution < 1.29 is 4.79 Å². The molecule has 3 heterocycles. The van der Waals surface area contributed by atoms with Gasteiger partial charge in [-0.15, -0.1) is 0 Å². The van der Waals surface area contributed by atoms with Gasteiger partial charge in [-0.3, -0.25) is 9.48 Å². The summed E-state index contributed by atoms with van der Waals surface area (Å²) in [5.41, 5.74) is 3.33. The van der Waals surface area contributed by atoms with E-state index < -0.39 is 0 Å². The number of imidazole rings is 1. The molecular weight excluding hydrogens is 278 g/mol.